The Hall–Kier alpha value is -3.54. The van der Waals surface area contributed by atoms with Crippen LogP contribution in [0.3, 0.4) is 0 Å². The molecule has 29 heavy (non-hydrogen) atoms. The van der Waals surface area contributed by atoms with Crippen LogP contribution in [-0.2, 0) is 4.79 Å². The van der Waals surface area contributed by atoms with E-state index in [1.54, 1.807) is 13.4 Å². The second kappa shape index (κ2) is 7.83. The first-order valence-electron chi connectivity index (χ1n) is 9.49. The molecule has 0 saturated heterocycles. The summed E-state index contributed by atoms with van der Waals surface area (Å²) in [5.41, 5.74) is 9.97. The minimum Gasteiger partial charge on any atom is -0.495 e. The molecule has 1 unspecified atom stereocenters. The van der Waals surface area contributed by atoms with Crippen LogP contribution in [0.4, 0.5) is 0 Å². The Morgan fingerprint density at radius 1 is 1.31 bits per heavy atom. The standard InChI is InChI=1S/C23H23N3O3/c1-15-13-26(14-25-15)20-8-7-16(12-22(20)28-2)11-19(23(24)27)17-9-10-29-21-6-4-3-5-18(17)21/h3-8,11-14,17H,9-10H2,1-2H3,(H2,24,27). The monoisotopic (exact) mass is 389 g/mol. The van der Waals surface area contributed by atoms with Gasteiger partial charge in [0.1, 0.15) is 11.5 Å². The van der Waals surface area contributed by atoms with Crippen molar-refractivity contribution in [1.29, 1.82) is 0 Å². The summed E-state index contributed by atoms with van der Waals surface area (Å²) in [6, 6.07) is 13.6. The average Bonchev–Trinajstić information content (AvgIpc) is 3.17. The lowest BCUT2D eigenvalue weighted by Gasteiger charge is -2.26. The minimum atomic E-state index is -0.431. The van der Waals surface area contributed by atoms with E-state index in [1.165, 1.54) is 0 Å². The molecule has 1 amide bonds. The molecule has 1 aromatic heterocycles. The summed E-state index contributed by atoms with van der Waals surface area (Å²) in [6.45, 7) is 2.49. The maximum Gasteiger partial charge on any atom is 0.245 e. The van der Waals surface area contributed by atoms with E-state index in [0.717, 1.165) is 28.3 Å². The quantitative estimate of drug-likeness (QED) is 0.676. The zero-order valence-electron chi connectivity index (χ0n) is 16.5. The number of benzene rings is 2. The Bertz CT molecular complexity index is 1080. The molecule has 0 aliphatic carbocycles. The van der Waals surface area contributed by atoms with E-state index in [-0.39, 0.29) is 5.92 Å². The summed E-state index contributed by atoms with van der Waals surface area (Å²) in [5, 5.41) is 0. The van der Waals surface area contributed by atoms with Crippen molar-refractivity contribution in [3.63, 3.8) is 0 Å². The molecule has 6 heteroatoms. The average molecular weight is 389 g/mol. The highest BCUT2D eigenvalue weighted by Gasteiger charge is 2.27. The SMILES string of the molecule is COc1cc(C=C(C(N)=O)C2CCOc3ccccc32)ccc1-n1cnc(C)c1. The number of primary amides is 1. The maximum absolute atomic E-state index is 12.3. The number of hydrogen-bond donors (Lipinski definition) is 1. The van der Waals surface area contributed by atoms with Crippen LogP contribution in [0.2, 0.25) is 0 Å². The second-order valence-electron chi connectivity index (χ2n) is 7.05. The number of rotatable bonds is 5. The molecule has 1 aliphatic rings. The molecule has 6 nitrogen and oxygen atoms in total. The number of nitrogens with zero attached hydrogens (tertiary/aromatic N) is 2. The van der Waals surface area contributed by atoms with Crippen molar-refractivity contribution in [2.24, 2.45) is 5.73 Å². The highest BCUT2D eigenvalue weighted by Crippen LogP contribution is 2.39. The number of nitrogens with two attached hydrogens (primary N) is 1. The van der Waals surface area contributed by atoms with Crippen molar-refractivity contribution in [3.05, 3.63) is 77.4 Å². The van der Waals surface area contributed by atoms with Gasteiger partial charge in [0.25, 0.3) is 0 Å². The van der Waals surface area contributed by atoms with Crippen molar-refractivity contribution < 1.29 is 14.3 Å². The Labute approximate surface area is 169 Å². The molecule has 2 aromatic carbocycles. The van der Waals surface area contributed by atoms with Crippen LogP contribution in [-0.4, -0.2) is 29.2 Å². The molecule has 0 fully saturated rings. The van der Waals surface area contributed by atoms with E-state index >= 15 is 0 Å². The fraction of sp³-hybridized carbons (Fsp3) is 0.217. The summed E-state index contributed by atoms with van der Waals surface area (Å²) in [5.74, 6) is 0.964. The molecule has 0 saturated carbocycles. The van der Waals surface area contributed by atoms with Crippen LogP contribution in [0, 0.1) is 6.92 Å². The lowest BCUT2D eigenvalue weighted by molar-refractivity contribution is -0.114. The van der Waals surface area contributed by atoms with Crippen LogP contribution in [0.5, 0.6) is 11.5 Å². The number of carbonyl (C=O) groups excluding carboxylic acids is 1. The maximum atomic E-state index is 12.3. The number of methoxy groups -OCH3 is 1. The number of fused-ring (bicyclic) bond motifs is 1. The first-order chi connectivity index (χ1) is 14.1. The van der Waals surface area contributed by atoms with Crippen LogP contribution in [0.1, 0.15) is 29.2 Å². The topological polar surface area (TPSA) is 79.4 Å². The van der Waals surface area contributed by atoms with Crippen LogP contribution in [0.15, 0.2) is 60.6 Å². The molecular formula is C23H23N3O3. The summed E-state index contributed by atoms with van der Waals surface area (Å²) in [6.07, 6.45) is 6.23. The zero-order chi connectivity index (χ0) is 20.4. The van der Waals surface area contributed by atoms with Gasteiger partial charge in [0.15, 0.2) is 0 Å². The molecule has 0 spiro atoms. The van der Waals surface area contributed by atoms with Gasteiger partial charge in [-0.15, -0.1) is 0 Å². The second-order valence-corrected chi connectivity index (χ2v) is 7.05. The van der Waals surface area contributed by atoms with E-state index in [2.05, 4.69) is 4.98 Å². The largest absolute Gasteiger partial charge is 0.495 e. The smallest absolute Gasteiger partial charge is 0.245 e. The predicted octanol–water partition coefficient (Wildman–Crippen LogP) is 3.62. The molecule has 3 aromatic rings. The fourth-order valence-electron chi connectivity index (χ4n) is 3.74. The molecule has 148 valence electrons. The number of aromatic nitrogens is 2. The van der Waals surface area contributed by atoms with Gasteiger partial charge in [-0.25, -0.2) is 4.98 Å². The van der Waals surface area contributed by atoms with E-state index < -0.39 is 5.91 Å². The van der Waals surface area contributed by atoms with Crippen molar-refractivity contribution in [2.75, 3.05) is 13.7 Å². The lowest BCUT2D eigenvalue weighted by Crippen LogP contribution is -2.24. The summed E-state index contributed by atoms with van der Waals surface area (Å²) in [4.78, 5) is 16.6. The molecule has 0 radical (unpaired) electrons. The Morgan fingerprint density at radius 2 is 2.14 bits per heavy atom. The van der Waals surface area contributed by atoms with Crippen LogP contribution < -0.4 is 15.2 Å². The number of amides is 1. The summed E-state index contributed by atoms with van der Waals surface area (Å²) >= 11 is 0. The number of hydrogen-bond acceptors (Lipinski definition) is 4. The molecule has 0 bridgehead atoms. The molecular weight excluding hydrogens is 366 g/mol. The molecule has 2 heterocycles. The van der Waals surface area contributed by atoms with E-state index in [1.807, 2.05) is 66.2 Å². The van der Waals surface area contributed by atoms with Crippen molar-refractivity contribution >= 4 is 12.0 Å². The van der Waals surface area contributed by atoms with Crippen molar-refractivity contribution in [1.82, 2.24) is 9.55 Å². The third-order valence-electron chi connectivity index (χ3n) is 5.13. The number of para-hydroxylation sites is 1. The highest BCUT2D eigenvalue weighted by atomic mass is 16.5. The number of ether oxygens (including phenoxy) is 2. The van der Waals surface area contributed by atoms with Gasteiger partial charge in [0.05, 0.1) is 31.4 Å². The lowest BCUT2D eigenvalue weighted by atomic mass is 9.85. The number of aryl methyl sites for hydroxylation is 1. The normalized spacial score (nSPS) is 16.1. The minimum absolute atomic E-state index is 0.0978. The van der Waals surface area contributed by atoms with E-state index in [9.17, 15) is 4.79 Å². The first kappa shape index (κ1) is 18.8. The molecule has 1 atom stereocenters. The van der Waals surface area contributed by atoms with Crippen LogP contribution in [0.25, 0.3) is 11.8 Å². The number of imidazole rings is 1. The van der Waals surface area contributed by atoms with Gasteiger partial charge in [0, 0.05) is 23.3 Å². The van der Waals surface area contributed by atoms with Gasteiger partial charge in [-0.3, -0.25) is 4.79 Å². The van der Waals surface area contributed by atoms with Crippen molar-refractivity contribution in [3.8, 4) is 17.2 Å². The molecule has 2 N–H and O–H groups in total. The molecule has 4 rings (SSSR count). The highest BCUT2D eigenvalue weighted by molar-refractivity contribution is 5.98. The summed E-state index contributed by atoms with van der Waals surface area (Å²) in [7, 11) is 1.62. The molecule has 1 aliphatic heterocycles. The van der Waals surface area contributed by atoms with Gasteiger partial charge < -0.3 is 19.8 Å². The zero-order valence-corrected chi connectivity index (χ0v) is 16.5. The van der Waals surface area contributed by atoms with Crippen molar-refractivity contribution in [2.45, 2.75) is 19.3 Å². The Morgan fingerprint density at radius 3 is 2.86 bits per heavy atom. The van der Waals surface area contributed by atoms with E-state index in [0.29, 0.717) is 24.4 Å². The Kier molecular flexibility index (Phi) is 5.08. The van der Waals surface area contributed by atoms with Gasteiger partial charge >= 0.3 is 0 Å². The fourth-order valence-corrected chi connectivity index (χ4v) is 3.74. The predicted molar refractivity (Wildman–Crippen MR) is 111 cm³/mol. The van der Waals surface area contributed by atoms with Gasteiger partial charge in [-0.05, 0) is 43.2 Å². The first-order valence-corrected chi connectivity index (χ1v) is 9.49. The van der Waals surface area contributed by atoms with Gasteiger partial charge in [-0.2, -0.15) is 0 Å². The van der Waals surface area contributed by atoms with E-state index in [4.69, 9.17) is 15.2 Å². The summed E-state index contributed by atoms with van der Waals surface area (Å²) < 4.78 is 13.2. The third kappa shape index (κ3) is 3.74. The number of carbonyl (C=O) groups is 1. The van der Waals surface area contributed by atoms with Gasteiger partial charge in [-0.1, -0.05) is 24.3 Å². The van der Waals surface area contributed by atoms with Crippen LogP contribution >= 0.6 is 0 Å². The van der Waals surface area contributed by atoms with Gasteiger partial charge in [0.2, 0.25) is 5.91 Å². The Balaban J connectivity index is 1.74. The third-order valence-corrected chi connectivity index (χ3v) is 5.13.